The molecule has 5 N–H and O–H groups in total. The molecule has 2 fully saturated rings. The van der Waals surface area contributed by atoms with E-state index in [2.05, 4.69) is 33.8 Å². The number of Topliss-reactive ketones (excluding diaryl/α,β-unsaturated/α-hetero) is 1. The van der Waals surface area contributed by atoms with Crippen LogP contribution in [0.3, 0.4) is 0 Å². The zero-order valence-corrected chi connectivity index (χ0v) is 31.1. The number of nitrogens with one attached hydrogen (secondary N) is 4. The summed E-state index contributed by atoms with van der Waals surface area (Å²) in [6.07, 6.45) is 8.93. The second-order valence-electron chi connectivity index (χ2n) is 16.6. The maximum absolute atomic E-state index is 14.5. The topological polar surface area (TPSA) is 162 Å². The minimum Gasteiger partial charge on any atom is -0.494 e. The number of nitrogens with zero attached hydrogens (tertiary/aromatic N) is 2. The number of amides is 5. The van der Waals surface area contributed by atoms with Gasteiger partial charge in [-0.25, -0.2) is 4.79 Å². The Hall–Kier alpha value is -4.79. The molecule has 2 aromatic rings. The first kappa shape index (κ1) is 39.0. The number of fused-ring (bicyclic) bond motifs is 2. The standard InChI is InChI=1S/C39H54N6O6/c1-11-13-18-26(30(46)33(48)40-19-12-2)41-32(47)29-28-25(39(28,9)10)21-45(29)35(50)31(38(6,7)8)43-36(51)42-27(37(3,4)5)22-44-20-23-16-14-15-17-24(23)34(44)49/h1,12,14-17,20,25-29,31,49H,2,13,18-19,21-22H2,3-10H3,(H,40,48)(H,41,47)(H2,42,43,51)/t25-,26?,27+,28-,29-,31+/m0/s1. The van der Waals surface area contributed by atoms with Crippen LogP contribution in [0.4, 0.5) is 4.79 Å². The first-order valence-corrected chi connectivity index (χ1v) is 17.5. The number of hydrogen-bond acceptors (Lipinski definition) is 6. The van der Waals surface area contributed by atoms with E-state index in [-0.39, 0.29) is 49.1 Å². The van der Waals surface area contributed by atoms with Crippen molar-refractivity contribution < 1.29 is 29.1 Å². The molecule has 12 nitrogen and oxygen atoms in total. The fourth-order valence-corrected chi connectivity index (χ4v) is 7.19. The molecule has 0 spiro atoms. The third-order valence-electron chi connectivity index (χ3n) is 10.5. The smallest absolute Gasteiger partial charge is 0.315 e. The minimum atomic E-state index is -1.18. The van der Waals surface area contributed by atoms with E-state index in [0.29, 0.717) is 11.9 Å². The Morgan fingerprint density at radius 2 is 1.73 bits per heavy atom. The maximum Gasteiger partial charge on any atom is 0.315 e. The van der Waals surface area contributed by atoms with Crippen LogP contribution in [0, 0.1) is 40.4 Å². The van der Waals surface area contributed by atoms with Crippen molar-refractivity contribution in [3.8, 4) is 18.2 Å². The quantitative estimate of drug-likeness (QED) is 0.121. The second-order valence-corrected chi connectivity index (χ2v) is 16.6. The number of piperidine rings is 1. The highest BCUT2D eigenvalue weighted by Gasteiger charge is 2.70. The lowest BCUT2D eigenvalue weighted by molar-refractivity contribution is -0.145. The Morgan fingerprint density at radius 3 is 2.31 bits per heavy atom. The van der Waals surface area contributed by atoms with Crippen molar-refractivity contribution in [2.24, 2.45) is 28.1 Å². The average Bonchev–Trinajstić information content (AvgIpc) is 3.34. The van der Waals surface area contributed by atoms with Gasteiger partial charge in [-0.3, -0.25) is 19.2 Å². The predicted molar refractivity (Wildman–Crippen MR) is 196 cm³/mol. The first-order valence-electron chi connectivity index (χ1n) is 17.5. The Balaban J connectivity index is 1.55. The summed E-state index contributed by atoms with van der Waals surface area (Å²) in [5, 5.41) is 23.6. The van der Waals surface area contributed by atoms with Gasteiger partial charge in [0, 0.05) is 43.0 Å². The van der Waals surface area contributed by atoms with Gasteiger partial charge in [0.25, 0.3) is 5.91 Å². The van der Waals surface area contributed by atoms with Gasteiger partial charge in [-0.05, 0) is 40.6 Å². The minimum absolute atomic E-state index is 0.0393. The lowest BCUT2D eigenvalue weighted by atomic mass is 9.85. The first-order chi connectivity index (χ1) is 23.7. The summed E-state index contributed by atoms with van der Waals surface area (Å²) in [6.45, 7) is 19.8. The van der Waals surface area contributed by atoms with Crippen molar-refractivity contribution >= 4 is 40.3 Å². The lowest BCUT2D eigenvalue weighted by Crippen LogP contribution is -2.62. The Morgan fingerprint density at radius 1 is 1.06 bits per heavy atom. The van der Waals surface area contributed by atoms with Gasteiger partial charge in [0.05, 0.1) is 12.1 Å². The summed E-state index contributed by atoms with van der Waals surface area (Å²) in [5.74, 6) is -0.238. The molecule has 5 amide bonds. The van der Waals surface area contributed by atoms with Crippen LogP contribution < -0.4 is 21.3 Å². The van der Waals surface area contributed by atoms with E-state index in [1.165, 1.54) is 11.0 Å². The van der Waals surface area contributed by atoms with Gasteiger partial charge in [0.15, 0.2) is 5.88 Å². The summed E-state index contributed by atoms with van der Waals surface area (Å²) in [7, 11) is 0. The summed E-state index contributed by atoms with van der Waals surface area (Å²) >= 11 is 0. The second kappa shape index (κ2) is 14.8. The molecular formula is C39H54N6O6. The molecule has 51 heavy (non-hydrogen) atoms. The molecule has 4 rings (SSSR count). The molecule has 276 valence electrons. The molecule has 1 saturated heterocycles. The highest BCUT2D eigenvalue weighted by atomic mass is 16.3. The van der Waals surface area contributed by atoms with Crippen LogP contribution in [0.15, 0.2) is 43.1 Å². The van der Waals surface area contributed by atoms with Crippen molar-refractivity contribution in [3.05, 3.63) is 43.1 Å². The molecule has 0 radical (unpaired) electrons. The number of rotatable bonds is 13. The fraction of sp³-hybridized carbons (Fsp3) is 0.564. The SMILES string of the molecule is C#CCCC(NC(=O)[C@@H]1[C@@H]2[C@H](CN1C(=O)[C@@H](NC(=O)N[C@H](Cn1cc3ccccc3c1O)C(C)(C)C)C(C)(C)C)C2(C)C)C(=O)C(=O)NCC=C. The maximum atomic E-state index is 14.5. The highest BCUT2D eigenvalue weighted by molar-refractivity contribution is 6.38. The molecule has 1 unspecified atom stereocenters. The molecule has 1 aromatic heterocycles. The number of hydrogen-bond donors (Lipinski definition) is 5. The van der Waals surface area contributed by atoms with Crippen molar-refractivity contribution in [1.29, 1.82) is 0 Å². The number of terminal acetylenes is 1. The van der Waals surface area contributed by atoms with Crippen LogP contribution in [0.5, 0.6) is 5.88 Å². The zero-order valence-electron chi connectivity index (χ0n) is 31.1. The van der Waals surface area contributed by atoms with Crippen molar-refractivity contribution in [1.82, 2.24) is 30.7 Å². The number of urea groups is 1. The third kappa shape index (κ3) is 8.41. The molecule has 2 heterocycles. The van der Waals surface area contributed by atoms with E-state index in [0.717, 1.165) is 5.39 Å². The van der Waals surface area contributed by atoms with Crippen LogP contribution >= 0.6 is 0 Å². The van der Waals surface area contributed by atoms with Crippen molar-refractivity contribution in [2.75, 3.05) is 13.1 Å². The summed E-state index contributed by atoms with van der Waals surface area (Å²) < 4.78 is 1.71. The van der Waals surface area contributed by atoms with Gasteiger partial charge in [0.2, 0.25) is 17.6 Å². The van der Waals surface area contributed by atoms with Gasteiger partial charge >= 0.3 is 6.03 Å². The Labute approximate surface area is 301 Å². The monoisotopic (exact) mass is 702 g/mol. The molecule has 2 aliphatic rings. The fourth-order valence-electron chi connectivity index (χ4n) is 7.19. The molecule has 1 aliphatic heterocycles. The lowest BCUT2D eigenvalue weighted by Gasteiger charge is -2.38. The Bertz CT molecular complexity index is 1720. The molecule has 1 aromatic carbocycles. The predicted octanol–water partition coefficient (Wildman–Crippen LogP) is 3.73. The van der Waals surface area contributed by atoms with E-state index in [1.54, 1.807) is 4.57 Å². The van der Waals surface area contributed by atoms with Crippen LogP contribution in [0.2, 0.25) is 0 Å². The van der Waals surface area contributed by atoms with E-state index in [4.69, 9.17) is 6.42 Å². The number of ketones is 1. The number of likely N-dealkylation sites (tertiary alicyclic amines) is 1. The molecule has 6 atom stereocenters. The van der Waals surface area contributed by atoms with E-state index < -0.39 is 64.5 Å². The summed E-state index contributed by atoms with van der Waals surface area (Å²) in [6, 6.07) is 3.37. The summed E-state index contributed by atoms with van der Waals surface area (Å²) in [5.41, 5.74) is -1.41. The molecule has 12 heteroatoms. The van der Waals surface area contributed by atoms with E-state index >= 15 is 0 Å². The Kier molecular flexibility index (Phi) is 11.3. The van der Waals surface area contributed by atoms with Crippen LogP contribution in [0.25, 0.3) is 10.8 Å². The summed E-state index contributed by atoms with van der Waals surface area (Å²) in [4.78, 5) is 69.3. The van der Waals surface area contributed by atoms with Gasteiger partial charge < -0.3 is 35.8 Å². The van der Waals surface area contributed by atoms with Crippen LogP contribution in [-0.2, 0) is 25.7 Å². The van der Waals surface area contributed by atoms with Crippen molar-refractivity contribution in [2.45, 2.75) is 98.9 Å². The number of aromatic hydroxyl groups is 1. The van der Waals surface area contributed by atoms with Crippen LogP contribution in [-0.4, -0.2) is 81.4 Å². The van der Waals surface area contributed by atoms with E-state index in [1.807, 2.05) is 85.9 Å². The molecule has 1 aliphatic carbocycles. The number of aromatic nitrogens is 1. The van der Waals surface area contributed by atoms with Gasteiger partial charge in [-0.15, -0.1) is 18.9 Å². The zero-order chi connectivity index (χ0) is 38.1. The molecule has 1 saturated carbocycles. The van der Waals surface area contributed by atoms with E-state index in [9.17, 15) is 29.1 Å². The highest BCUT2D eigenvalue weighted by Crippen LogP contribution is 2.65. The number of benzene rings is 1. The molecular weight excluding hydrogens is 648 g/mol. The van der Waals surface area contributed by atoms with Gasteiger partial charge in [-0.1, -0.05) is 79.7 Å². The normalized spacial score (nSPS) is 21.0. The van der Waals surface area contributed by atoms with Crippen LogP contribution in [0.1, 0.15) is 68.2 Å². The number of carbonyl (C=O) groups is 5. The van der Waals surface area contributed by atoms with Crippen molar-refractivity contribution in [3.63, 3.8) is 0 Å². The van der Waals surface area contributed by atoms with Gasteiger partial charge in [0.1, 0.15) is 12.1 Å². The molecule has 0 bridgehead atoms. The largest absolute Gasteiger partial charge is 0.494 e. The average molecular weight is 703 g/mol. The number of carbonyl (C=O) groups excluding carboxylic acids is 5. The third-order valence-corrected chi connectivity index (χ3v) is 10.5. The van der Waals surface area contributed by atoms with Gasteiger partial charge in [-0.2, -0.15) is 0 Å².